The predicted octanol–water partition coefficient (Wildman–Crippen LogP) is 4.79. The Morgan fingerprint density at radius 3 is 2.67 bits per heavy atom. The van der Waals surface area contributed by atoms with Gasteiger partial charge in [-0.1, -0.05) is 18.2 Å². The zero-order valence-corrected chi connectivity index (χ0v) is 24.1. The number of nitriles is 1. The van der Waals surface area contributed by atoms with Gasteiger partial charge in [0.25, 0.3) is 5.91 Å². The summed E-state index contributed by atoms with van der Waals surface area (Å²) >= 11 is 0. The van der Waals surface area contributed by atoms with E-state index in [-0.39, 0.29) is 28.9 Å². The summed E-state index contributed by atoms with van der Waals surface area (Å²) in [6.45, 7) is 4.71. The fraction of sp³-hybridized carbons (Fsp3) is 0.323. The Morgan fingerprint density at radius 1 is 1.21 bits per heavy atom. The van der Waals surface area contributed by atoms with Gasteiger partial charge in [0, 0.05) is 23.7 Å². The third-order valence-corrected chi connectivity index (χ3v) is 7.76. The van der Waals surface area contributed by atoms with Gasteiger partial charge in [-0.05, 0) is 71.1 Å². The Kier molecular flexibility index (Phi) is 7.91. The summed E-state index contributed by atoms with van der Waals surface area (Å²) in [5, 5.41) is 15.0. The van der Waals surface area contributed by atoms with Crippen LogP contribution in [0.15, 0.2) is 66.5 Å². The van der Waals surface area contributed by atoms with Crippen LogP contribution >= 0.6 is 0 Å². The van der Waals surface area contributed by atoms with Crippen LogP contribution < -0.4 is 10.5 Å². The first-order valence-corrected chi connectivity index (χ1v) is 13.7. The lowest BCUT2D eigenvalue weighted by atomic mass is 9.99. The molecule has 3 heterocycles. The Hall–Kier alpha value is -4.82. The molecule has 2 aromatic carbocycles. The number of carbonyl (C=O) groups excluding carboxylic acids is 1. The lowest BCUT2D eigenvalue weighted by Gasteiger charge is -2.30. The summed E-state index contributed by atoms with van der Waals surface area (Å²) in [6.07, 6.45) is 4.55. The van der Waals surface area contributed by atoms with Crippen molar-refractivity contribution in [2.45, 2.75) is 44.8 Å². The van der Waals surface area contributed by atoms with Crippen molar-refractivity contribution in [3.05, 3.63) is 72.3 Å². The molecule has 1 aliphatic heterocycles. The third-order valence-electron chi connectivity index (χ3n) is 7.76. The van der Waals surface area contributed by atoms with E-state index < -0.39 is 11.4 Å². The number of aromatic nitrogens is 4. The van der Waals surface area contributed by atoms with Gasteiger partial charge in [-0.3, -0.25) is 4.79 Å². The van der Waals surface area contributed by atoms with E-state index in [2.05, 4.69) is 16.0 Å². The van der Waals surface area contributed by atoms with Gasteiger partial charge >= 0.3 is 0 Å². The minimum atomic E-state index is -0.539. The number of para-hydroxylation sites is 1. The molecule has 0 bridgehead atoms. The molecule has 1 amide bonds. The van der Waals surface area contributed by atoms with E-state index >= 15 is 4.39 Å². The maximum Gasteiger partial charge on any atom is 0.264 e. The molecule has 42 heavy (non-hydrogen) atoms. The monoisotopic (exact) mass is 568 g/mol. The number of nitrogens with zero attached hydrogens (tertiary/aromatic N) is 7. The number of nitrogens with two attached hydrogens (primary N) is 1. The number of hydrogen-bond donors (Lipinski definition) is 1. The highest BCUT2D eigenvalue weighted by Gasteiger charge is 2.33. The average molecular weight is 569 g/mol. The number of likely N-dealkylation sites (N-methyl/N-ethyl adjacent to an activating group) is 1. The number of likely N-dealkylation sites (tertiary alicyclic amines) is 1. The molecule has 1 fully saturated rings. The van der Waals surface area contributed by atoms with Crippen molar-refractivity contribution >= 4 is 22.8 Å². The molecule has 0 aliphatic carbocycles. The minimum Gasteiger partial charge on any atom is -0.457 e. The predicted molar refractivity (Wildman–Crippen MR) is 158 cm³/mol. The molecule has 1 aliphatic rings. The van der Waals surface area contributed by atoms with Crippen molar-refractivity contribution in [2.75, 3.05) is 26.4 Å². The van der Waals surface area contributed by atoms with Crippen LogP contribution in [0.5, 0.6) is 11.5 Å². The number of halogens is 1. The zero-order chi connectivity index (χ0) is 30.0. The first-order valence-electron chi connectivity index (χ1n) is 13.7. The van der Waals surface area contributed by atoms with Crippen LogP contribution in [0.4, 0.5) is 10.2 Å². The minimum absolute atomic E-state index is 0.0954. The highest BCUT2D eigenvalue weighted by molar-refractivity contribution is 5.99. The fourth-order valence-corrected chi connectivity index (χ4v) is 4.99. The number of ether oxygens (including phenoxy) is 1. The van der Waals surface area contributed by atoms with Gasteiger partial charge < -0.3 is 20.3 Å². The topological polar surface area (TPSA) is 126 Å². The second kappa shape index (κ2) is 11.6. The van der Waals surface area contributed by atoms with Gasteiger partial charge in [-0.25, -0.2) is 19.0 Å². The smallest absolute Gasteiger partial charge is 0.264 e. The first-order chi connectivity index (χ1) is 20.1. The maximum absolute atomic E-state index is 15.5. The molecule has 0 unspecified atom stereocenters. The number of hydrogen-bond acceptors (Lipinski definition) is 8. The Bertz CT molecular complexity index is 1690. The maximum atomic E-state index is 15.5. The van der Waals surface area contributed by atoms with E-state index in [0.717, 1.165) is 12.8 Å². The van der Waals surface area contributed by atoms with Crippen LogP contribution in [0.2, 0.25) is 0 Å². The lowest BCUT2D eigenvalue weighted by Crippen LogP contribution is -2.41. The molecule has 0 saturated carbocycles. The molecule has 2 aromatic heterocycles. The van der Waals surface area contributed by atoms with Crippen molar-refractivity contribution in [3.63, 3.8) is 0 Å². The standard InChI is InChI=1S/C31H33FN8O2/c1-31(2,38(3)4)16-20(17-33)30(41)39-14-8-9-21(39)18-40-29-26(28(34)35-19-36-29)27(37-40)24-13-12-23(15-25(24)32)42-22-10-6-5-7-11-22/h5-7,10-13,15-16,19,21H,8-9,14,18H2,1-4H3,(H2,34,35,36)/b20-16-/t21-/m0/s1. The molecular formula is C31H33FN8O2. The molecular weight excluding hydrogens is 535 g/mol. The van der Waals surface area contributed by atoms with Crippen LogP contribution in [0.25, 0.3) is 22.3 Å². The van der Waals surface area contributed by atoms with E-state index in [4.69, 9.17) is 15.6 Å². The SMILES string of the molecule is CN(C)C(C)(C)/C=C(/C#N)C(=O)N1CCC[C@H]1Cn1nc(-c2ccc(Oc3ccccc3)cc2F)c2c(N)ncnc21. The Morgan fingerprint density at radius 2 is 1.98 bits per heavy atom. The molecule has 11 heteroatoms. The molecule has 0 spiro atoms. The van der Waals surface area contributed by atoms with Gasteiger partial charge in [0.2, 0.25) is 0 Å². The highest BCUT2D eigenvalue weighted by atomic mass is 19.1. The second-order valence-corrected chi connectivity index (χ2v) is 11.1. The van der Waals surface area contributed by atoms with Gasteiger partial charge in [0.15, 0.2) is 5.65 Å². The van der Waals surface area contributed by atoms with Crippen molar-refractivity contribution in [1.29, 1.82) is 5.26 Å². The van der Waals surface area contributed by atoms with Crippen LogP contribution in [0, 0.1) is 17.1 Å². The van der Waals surface area contributed by atoms with Crippen LogP contribution in [-0.4, -0.2) is 67.7 Å². The van der Waals surface area contributed by atoms with Crippen molar-refractivity contribution in [1.82, 2.24) is 29.5 Å². The zero-order valence-electron chi connectivity index (χ0n) is 24.1. The number of fused-ring (bicyclic) bond motifs is 1. The summed E-state index contributed by atoms with van der Waals surface area (Å²) in [7, 11) is 3.80. The number of carbonyl (C=O) groups is 1. The number of benzene rings is 2. The summed E-state index contributed by atoms with van der Waals surface area (Å²) in [6, 6.07) is 15.5. The van der Waals surface area contributed by atoms with Crippen LogP contribution in [0.3, 0.4) is 0 Å². The Labute approximate surface area is 243 Å². The van der Waals surface area contributed by atoms with E-state index in [1.54, 1.807) is 39.9 Å². The molecule has 2 N–H and O–H groups in total. The molecule has 1 saturated heterocycles. The average Bonchev–Trinajstić information content (AvgIpc) is 3.58. The number of rotatable bonds is 8. The van der Waals surface area contributed by atoms with Gasteiger partial charge in [0.05, 0.1) is 18.0 Å². The van der Waals surface area contributed by atoms with E-state index in [9.17, 15) is 10.1 Å². The summed E-state index contributed by atoms with van der Waals surface area (Å²) in [5.74, 6) is 0.246. The molecule has 1 atom stereocenters. The number of anilines is 1. The fourth-order valence-electron chi connectivity index (χ4n) is 4.99. The van der Waals surface area contributed by atoms with Crippen LogP contribution in [0.1, 0.15) is 26.7 Å². The largest absolute Gasteiger partial charge is 0.457 e. The quantitative estimate of drug-likeness (QED) is 0.238. The summed E-state index contributed by atoms with van der Waals surface area (Å²) < 4.78 is 22.9. The van der Waals surface area contributed by atoms with E-state index in [0.29, 0.717) is 41.3 Å². The van der Waals surface area contributed by atoms with Crippen LogP contribution in [-0.2, 0) is 11.3 Å². The molecule has 5 rings (SSSR count). The van der Waals surface area contributed by atoms with Gasteiger partial charge in [-0.2, -0.15) is 10.4 Å². The number of amides is 1. The molecule has 0 radical (unpaired) electrons. The van der Waals surface area contributed by atoms with Crippen molar-refractivity contribution in [3.8, 4) is 28.8 Å². The second-order valence-electron chi connectivity index (χ2n) is 11.1. The van der Waals surface area contributed by atoms with E-state index in [1.165, 1.54) is 12.4 Å². The normalized spacial score (nSPS) is 15.8. The number of nitrogen functional groups attached to an aromatic ring is 1. The van der Waals surface area contributed by atoms with Gasteiger partial charge in [-0.15, -0.1) is 0 Å². The summed E-state index contributed by atoms with van der Waals surface area (Å²) in [5.41, 5.74) is 6.82. The summed E-state index contributed by atoms with van der Waals surface area (Å²) in [4.78, 5) is 25.7. The Balaban J connectivity index is 1.46. The molecule has 4 aromatic rings. The van der Waals surface area contributed by atoms with E-state index in [1.807, 2.05) is 51.0 Å². The lowest BCUT2D eigenvalue weighted by molar-refractivity contribution is -0.127. The third kappa shape index (κ3) is 5.66. The van der Waals surface area contributed by atoms with Crippen molar-refractivity contribution in [2.24, 2.45) is 0 Å². The highest BCUT2D eigenvalue weighted by Crippen LogP contribution is 2.35. The first kappa shape index (κ1) is 28.7. The van der Waals surface area contributed by atoms with Gasteiger partial charge in [0.1, 0.15) is 46.8 Å². The molecule has 10 nitrogen and oxygen atoms in total. The van der Waals surface area contributed by atoms with Crippen molar-refractivity contribution < 1.29 is 13.9 Å². The molecule has 216 valence electrons.